The second-order valence-corrected chi connectivity index (χ2v) is 26.0. The van der Waals surface area contributed by atoms with Crippen LogP contribution in [0.15, 0.2) is 132 Å². The highest BCUT2D eigenvalue weighted by atomic mass is 16.3. The first kappa shape index (κ1) is 43.7. The van der Waals surface area contributed by atoms with Gasteiger partial charge in [-0.15, -0.1) is 0 Å². The second-order valence-electron chi connectivity index (χ2n) is 26.0. The molecule has 3 aliphatic carbocycles. The van der Waals surface area contributed by atoms with Gasteiger partial charge < -0.3 is 14.1 Å². The maximum absolute atomic E-state index is 7.78. The van der Waals surface area contributed by atoms with Crippen LogP contribution in [0.2, 0.25) is 0 Å². The van der Waals surface area contributed by atoms with E-state index in [-0.39, 0.29) is 39.3 Å². The zero-order valence-electron chi connectivity index (χ0n) is 43.9. The molecule has 8 aromatic rings. The van der Waals surface area contributed by atoms with Gasteiger partial charge in [0, 0.05) is 44.5 Å². The second kappa shape index (κ2) is 13.8. The van der Waals surface area contributed by atoms with E-state index in [0.29, 0.717) is 0 Å². The third kappa shape index (κ3) is 5.77. The van der Waals surface area contributed by atoms with Gasteiger partial charge in [0.25, 0.3) is 0 Å². The lowest BCUT2D eigenvalue weighted by atomic mass is 9.45. The quantitative estimate of drug-likeness (QED) is 0.161. The summed E-state index contributed by atoms with van der Waals surface area (Å²) in [6, 6.07) is 50.1. The number of furan rings is 1. The van der Waals surface area contributed by atoms with E-state index in [9.17, 15) is 0 Å². The summed E-state index contributed by atoms with van der Waals surface area (Å²) < 4.78 is 7.78. The molecule has 7 aromatic carbocycles. The first-order chi connectivity index (χ1) is 33.0. The number of hydrogen-bond acceptors (Lipinski definition) is 3. The molecule has 0 saturated heterocycles. The normalized spacial score (nSPS) is 18.1. The SMILES string of the molecule is CC(C)(C)c1ccc(N2B3c4oc5cc6c(cc5c4N(c4ccc(C(C)(C)C)cc4)c4c3c(cc3c4C(C)(C)c4ccccc4-3)-c3cc4c(cc32)C(C)(C)c2ccccc2-4)C(C)(C)CCC6(C)C)cc1. The Balaban J connectivity index is 1.22. The summed E-state index contributed by atoms with van der Waals surface area (Å²) in [5.41, 5.74) is 27.8. The molecule has 0 saturated carbocycles. The Labute approximate surface area is 417 Å². The third-order valence-corrected chi connectivity index (χ3v) is 18.0. The standard InChI is InChI=1S/C66H67BN2O/c1-61(2,3)38-23-27-40(28-24-38)68-58-48-35-52-53(64(9,10)32-31-63(52,7)8)37-55(48)70-60(58)67-57-47(34-46-43-20-16-18-22-50(43)66(13,14)56(46)59(57)68)45-33-44-42-19-15-17-21-49(42)65(11,12)51(44)36-54(45)69(67)41-29-25-39(26-30-41)62(4,5)6/h15-30,33-37H,31-32H2,1-14H3. The predicted octanol–water partition coefficient (Wildman–Crippen LogP) is 16.7. The summed E-state index contributed by atoms with van der Waals surface area (Å²) in [7, 11) is 0. The van der Waals surface area contributed by atoms with Crippen LogP contribution in [0.5, 0.6) is 0 Å². The maximum atomic E-state index is 7.78. The first-order valence-electron chi connectivity index (χ1n) is 26.0. The van der Waals surface area contributed by atoms with Crippen LogP contribution in [0, 0.1) is 0 Å². The average Bonchev–Trinajstić information content (AvgIpc) is 3.88. The van der Waals surface area contributed by atoms with E-state index in [1.165, 1.54) is 106 Å². The van der Waals surface area contributed by atoms with Gasteiger partial charge in [-0.1, -0.05) is 170 Å². The number of benzene rings is 7. The molecular formula is C66H67BN2O. The van der Waals surface area contributed by atoms with E-state index < -0.39 is 0 Å². The van der Waals surface area contributed by atoms with Crippen molar-refractivity contribution in [3.63, 3.8) is 0 Å². The highest BCUT2D eigenvalue weighted by Crippen LogP contribution is 2.61. The maximum Gasteiger partial charge on any atom is 0.375 e. The van der Waals surface area contributed by atoms with E-state index in [1.807, 2.05) is 0 Å². The lowest BCUT2D eigenvalue weighted by Crippen LogP contribution is -2.61. The monoisotopic (exact) mass is 915 g/mol. The molecule has 350 valence electrons. The van der Waals surface area contributed by atoms with Crippen LogP contribution < -0.4 is 20.8 Å². The number of hydrogen-bond donors (Lipinski definition) is 0. The molecule has 13 rings (SSSR count). The van der Waals surface area contributed by atoms with Crippen molar-refractivity contribution in [3.05, 3.63) is 172 Å². The van der Waals surface area contributed by atoms with Crippen molar-refractivity contribution < 1.29 is 4.42 Å². The largest absolute Gasteiger partial charge is 0.466 e. The Morgan fingerprint density at radius 3 is 1.60 bits per heavy atom. The van der Waals surface area contributed by atoms with Crippen molar-refractivity contribution in [2.45, 2.75) is 142 Å². The molecular weight excluding hydrogens is 848 g/mol. The van der Waals surface area contributed by atoms with Crippen LogP contribution in [0.1, 0.15) is 154 Å². The van der Waals surface area contributed by atoms with Gasteiger partial charge in [-0.3, -0.25) is 0 Å². The van der Waals surface area contributed by atoms with E-state index in [1.54, 1.807) is 0 Å². The van der Waals surface area contributed by atoms with Crippen molar-refractivity contribution in [1.29, 1.82) is 0 Å². The minimum Gasteiger partial charge on any atom is -0.466 e. The molecule has 0 amide bonds. The fourth-order valence-corrected chi connectivity index (χ4v) is 13.8. The van der Waals surface area contributed by atoms with Gasteiger partial charge >= 0.3 is 6.85 Å². The zero-order chi connectivity index (χ0) is 49.0. The molecule has 0 atom stereocenters. The molecule has 0 radical (unpaired) electrons. The van der Waals surface area contributed by atoms with Gasteiger partial charge in [0.05, 0.1) is 5.69 Å². The summed E-state index contributed by atoms with van der Waals surface area (Å²) in [6.07, 6.45) is 2.29. The van der Waals surface area contributed by atoms with Crippen molar-refractivity contribution in [3.8, 4) is 33.4 Å². The molecule has 3 heterocycles. The molecule has 4 heteroatoms. The van der Waals surface area contributed by atoms with E-state index in [0.717, 1.165) is 35.5 Å². The molecule has 70 heavy (non-hydrogen) atoms. The number of nitrogens with zero attached hydrogens (tertiary/aromatic N) is 2. The van der Waals surface area contributed by atoms with Crippen LogP contribution in [-0.4, -0.2) is 6.85 Å². The van der Waals surface area contributed by atoms with Gasteiger partial charge in [0.15, 0.2) is 0 Å². The van der Waals surface area contributed by atoms with Gasteiger partial charge in [-0.25, -0.2) is 0 Å². The minimum atomic E-state index is -0.299. The number of fused-ring (bicyclic) bond motifs is 14. The molecule has 5 aliphatic rings. The minimum absolute atomic E-state index is 0.00740. The molecule has 2 aliphatic heterocycles. The molecule has 0 spiro atoms. The number of rotatable bonds is 2. The summed E-state index contributed by atoms with van der Waals surface area (Å²) >= 11 is 0. The fraction of sp³-hybridized carbons (Fsp3) is 0.333. The van der Waals surface area contributed by atoms with E-state index in [4.69, 9.17) is 4.42 Å². The summed E-state index contributed by atoms with van der Waals surface area (Å²) in [5, 5.41) is 1.19. The zero-order valence-corrected chi connectivity index (χ0v) is 43.9. The Hall–Kier alpha value is -6.26. The Morgan fingerprint density at radius 1 is 0.471 bits per heavy atom. The molecule has 1 aromatic heterocycles. The molecule has 0 unspecified atom stereocenters. The van der Waals surface area contributed by atoms with Gasteiger partial charge in [-0.05, 0) is 167 Å². The fourth-order valence-electron chi connectivity index (χ4n) is 13.8. The molecule has 0 bridgehead atoms. The van der Waals surface area contributed by atoms with Crippen molar-refractivity contribution in [2.24, 2.45) is 0 Å². The summed E-state index contributed by atoms with van der Waals surface area (Å²) in [6.45, 7) is 33.2. The van der Waals surface area contributed by atoms with Crippen molar-refractivity contribution >= 4 is 57.4 Å². The van der Waals surface area contributed by atoms with Crippen LogP contribution >= 0.6 is 0 Å². The Morgan fingerprint density at radius 2 is 1.00 bits per heavy atom. The molecule has 3 nitrogen and oxygen atoms in total. The lowest BCUT2D eigenvalue weighted by molar-refractivity contribution is 0.332. The lowest BCUT2D eigenvalue weighted by Gasteiger charge is -2.46. The van der Waals surface area contributed by atoms with Crippen molar-refractivity contribution in [1.82, 2.24) is 0 Å². The Bertz CT molecular complexity index is 3570. The highest BCUT2D eigenvalue weighted by Gasteiger charge is 2.54. The Kier molecular flexibility index (Phi) is 8.61. The first-order valence-corrected chi connectivity index (χ1v) is 26.0. The predicted molar refractivity (Wildman–Crippen MR) is 298 cm³/mol. The molecule has 0 fully saturated rings. The van der Waals surface area contributed by atoms with Crippen LogP contribution in [0.4, 0.5) is 28.4 Å². The third-order valence-electron chi connectivity index (χ3n) is 18.0. The van der Waals surface area contributed by atoms with Crippen LogP contribution in [0.25, 0.3) is 44.3 Å². The molecule has 0 N–H and O–H groups in total. The summed E-state index contributed by atoms with van der Waals surface area (Å²) in [4.78, 5) is 5.35. The van der Waals surface area contributed by atoms with Crippen LogP contribution in [0.3, 0.4) is 0 Å². The highest BCUT2D eigenvalue weighted by molar-refractivity contribution is 6.93. The topological polar surface area (TPSA) is 19.6 Å². The van der Waals surface area contributed by atoms with E-state index >= 15 is 0 Å². The number of anilines is 5. The van der Waals surface area contributed by atoms with Crippen molar-refractivity contribution in [2.75, 3.05) is 9.71 Å². The summed E-state index contributed by atoms with van der Waals surface area (Å²) in [5.74, 6) is 0. The van der Waals surface area contributed by atoms with Gasteiger partial charge in [0.1, 0.15) is 11.2 Å². The smallest absolute Gasteiger partial charge is 0.375 e. The van der Waals surface area contributed by atoms with Gasteiger partial charge in [-0.2, -0.15) is 0 Å². The van der Waals surface area contributed by atoms with E-state index in [2.05, 4.69) is 234 Å². The van der Waals surface area contributed by atoms with Gasteiger partial charge in [0.2, 0.25) is 0 Å². The van der Waals surface area contributed by atoms with Crippen LogP contribution in [-0.2, 0) is 32.5 Å². The average molecular weight is 915 g/mol.